The van der Waals surface area contributed by atoms with E-state index in [1.807, 2.05) is 0 Å². The van der Waals surface area contributed by atoms with Crippen LogP contribution in [0.5, 0.6) is 5.75 Å². The first-order valence-corrected chi connectivity index (χ1v) is 8.92. The van der Waals surface area contributed by atoms with E-state index >= 15 is 0 Å². The van der Waals surface area contributed by atoms with Crippen molar-refractivity contribution in [2.24, 2.45) is 5.92 Å². The molecule has 0 amide bonds. The molecule has 1 unspecified atom stereocenters. The number of hydrogen-bond donors (Lipinski definition) is 2. The van der Waals surface area contributed by atoms with Gasteiger partial charge in [0.25, 0.3) is 0 Å². The lowest BCUT2D eigenvalue weighted by atomic mass is 10.1. The van der Waals surface area contributed by atoms with Crippen molar-refractivity contribution in [3.05, 3.63) is 29.8 Å². The SMILES string of the molecule is FC1(F)CC[C@@H](COc2ccc(C(F)(F)F)cc2)C1.FCC1CCCNN1. The molecule has 1 aliphatic heterocycles. The zero-order valence-corrected chi connectivity index (χ0v) is 14.8. The van der Waals surface area contributed by atoms with E-state index in [1.165, 1.54) is 12.1 Å². The molecule has 0 aromatic heterocycles. The van der Waals surface area contributed by atoms with Gasteiger partial charge in [-0.2, -0.15) is 13.2 Å². The highest BCUT2D eigenvalue weighted by atomic mass is 19.4. The van der Waals surface area contributed by atoms with Crippen molar-refractivity contribution < 1.29 is 31.1 Å². The number of alkyl halides is 6. The highest BCUT2D eigenvalue weighted by molar-refractivity contribution is 5.28. The summed E-state index contributed by atoms with van der Waals surface area (Å²) in [5.74, 6) is -2.60. The van der Waals surface area contributed by atoms with Crippen LogP contribution in [0.4, 0.5) is 26.3 Å². The van der Waals surface area contributed by atoms with Gasteiger partial charge in [0, 0.05) is 25.4 Å². The summed E-state index contributed by atoms with van der Waals surface area (Å²) in [6, 6.07) is 4.30. The van der Waals surface area contributed by atoms with E-state index in [4.69, 9.17) is 4.74 Å². The van der Waals surface area contributed by atoms with Crippen molar-refractivity contribution >= 4 is 0 Å². The van der Waals surface area contributed by atoms with E-state index in [2.05, 4.69) is 10.9 Å². The normalized spacial score (nSPS) is 24.8. The van der Waals surface area contributed by atoms with Gasteiger partial charge >= 0.3 is 6.18 Å². The second-order valence-corrected chi connectivity index (χ2v) is 6.86. The molecule has 2 aliphatic rings. The summed E-state index contributed by atoms with van der Waals surface area (Å²) in [5.41, 5.74) is 4.98. The van der Waals surface area contributed by atoms with Gasteiger partial charge in [-0.3, -0.25) is 10.9 Å². The second kappa shape index (κ2) is 9.64. The average Bonchev–Trinajstić information content (AvgIpc) is 3.00. The van der Waals surface area contributed by atoms with Crippen LogP contribution in [0.15, 0.2) is 24.3 Å². The number of benzene rings is 1. The molecule has 1 aromatic carbocycles. The van der Waals surface area contributed by atoms with Crippen LogP contribution < -0.4 is 15.6 Å². The van der Waals surface area contributed by atoms with Gasteiger partial charge in [0.1, 0.15) is 12.4 Å². The molecule has 1 heterocycles. The molecule has 3 nitrogen and oxygen atoms in total. The maximum atomic E-state index is 12.9. The minimum Gasteiger partial charge on any atom is -0.493 e. The number of nitrogens with one attached hydrogen (secondary N) is 2. The summed E-state index contributed by atoms with van der Waals surface area (Å²) < 4.78 is 79.8. The lowest BCUT2D eigenvalue weighted by Gasteiger charge is -2.20. The van der Waals surface area contributed by atoms with Gasteiger partial charge in [0.15, 0.2) is 0 Å². The van der Waals surface area contributed by atoms with Crippen LogP contribution in [0.2, 0.25) is 0 Å². The first-order valence-electron chi connectivity index (χ1n) is 8.92. The third-order valence-electron chi connectivity index (χ3n) is 4.52. The fourth-order valence-electron chi connectivity index (χ4n) is 2.98. The maximum Gasteiger partial charge on any atom is 0.416 e. The Morgan fingerprint density at radius 1 is 1.11 bits per heavy atom. The Morgan fingerprint density at radius 2 is 1.81 bits per heavy atom. The Hall–Kier alpha value is -1.48. The van der Waals surface area contributed by atoms with Crippen LogP contribution in [0.3, 0.4) is 0 Å². The van der Waals surface area contributed by atoms with Gasteiger partial charge in [-0.25, -0.2) is 13.2 Å². The van der Waals surface area contributed by atoms with Gasteiger partial charge in [0.2, 0.25) is 5.92 Å². The fourth-order valence-corrected chi connectivity index (χ4v) is 2.98. The van der Waals surface area contributed by atoms with E-state index < -0.39 is 17.7 Å². The second-order valence-electron chi connectivity index (χ2n) is 6.86. The molecule has 154 valence electrons. The predicted molar refractivity (Wildman–Crippen MR) is 89.4 cm³/mol. The molecule has 0 spiro atoms. The molecule has 27 heavy (non-hydrogen) atoms. The van der Waals surface area contributed by atoms with Crippen LogP contribution in [-0.4, -0.2) is 31.8 Å². The van der Waals surface area contributed by atoms with E-state index in [0.29, 0.717) is 6.42 Å². The molecular weight excluding hydrogens is 374 g/mol. The van der Waals surface area contributed by atoms with Crippen molar-refractivity contribution in [3.63, 3.8) is 0 Å². The number of hydrogen-bond acceptors (Lipinski definition) is 3. The van der Waals surface area contributed by atoms with Gasteiger partial charge in [-0.05, 0) is 49.4 Å². The average molecular weight is 398 g/mol. The first kappa shape index (κ1) is 21.8. The fraction of sp³-hybridized carbons (Fsp3) is 0.667. The van der Waals surface area contributed by atoms with Crippen molar-refractivity contribution in [2.75, 3.05) is 19.8 Å². The summed E-state index contributed by atoms with van der Waals surface area (Å²) in [5, 5.41) is 0. The molecule has 3 rings (SSSR count). The van der Waals surface area contributed by atoms with E-state index in [-0.39, 0.29) is 43.8 Å². The lowest BCUT2D eigenvalue weighted by Crippen LogP contribution is -2.46. The molecule has 0 bridgehead atoms. The first-order chi connectivity index (χ1) is 12.7. The Labute approximate surface area is 154 Å². The Kier molecular flexibility index (Phi) is 7.79. The molecule has 2 N–H and O–H groups in total. The Morgan fingerprint density at radius 3 is 2.26 bits per heavy atom. The van der Waals surface area contributed by atoms with Crippen molar-refractivity contribution in [1.29, 1.82) is 0 Å². The summed E-state index contributed by atoms with van der Waals surface area (Å²) in [6.07, 6.45) is -2.31. The van der Waals surface area contributed by atoms with Gasteiger partial charge in [-0.15, -0.1) is 0 Å². The van der Waals surface area contributed by atoms with Crippen molar-refractivity contribution in [2.45, 2.75) is 50.2 Å². The minimum atomic E-state index is -4.38. The molecule has 1 saturated carbocycles. The van der Waals surface area contributed by atoms with Crippen LogP contribution in [0.25, 0.3) is 0 Å². The van der Waals surface area contributed by atoms with Crippen LogP contribution in [0.1, 0.15) is 37.7 Å². The molecule has 1 aromatic rings. The molecule has 1 aliphatic carbocycles. The molecular formula is C18H24F6N2O. The molecule has 9 heteroatoms. The van der Waals surface area contributed by atoms with Crippen LogP contribution in [0, 0.1) is 5.92 Å². The lowest BCUT2D eigenvalue weighted by molar-refractivity contribution is -0.137. The number of hydrazine groups is 1. The van der Waals surface area contributed by atoms with Crippen molar-refractivity contribution in [1.82, 2.24) is 10.9 Å². The maximum absolute atomic E-state index is 12.9. The van der Waals surface area contributed by atoms with E-state index in [1.54, 1.807) is 0 Å². The zero-order chi connectivity index (χ0) is 19.9. The Balaban J connectivity index is 0.000000273. The summed E-state index contributed by atoms with van der Waals surface area (Å²) in [7, 11) is 0. The molecule has 0 radical (unpaired) electrons. The van der Waals surface area contributed by atoms with E-state index in [0.717, 1.165) is 31.5 Å². The molecule has 1 saturated heterocycles. The molecule has 2 fully saturated rings. The third-order valence-corrected chi connectivity index (χ3v) is 4.52. The summed E-state index contributed by atoms with van der Waals surface area (Å²) >= 11 is 0. The standard InChI is InChI=1S/C13H13F5O.C5H11FN2/c14-12(15)6-5-9(7-12)8-19-11-3-1-10(2-4-11)13(16,17)18;6-4-5-2-1-3-7-8-5/h1-4,9H,5-8H2;5,7-8H,1-4H2/t9-;/m1./s1. The van der Waals surface area contributed by atoms with Gasteiger partial charge < -0.3 is 4.74 Å². The Bertz CT molecular complexity index is 558. The highest BCUT2D eigenvalue weighted by Crippen LogP contribution is 2.39. The number of halogens is 6. The van der Waals surface area contributed by atoms with Crippen LogP contribution >= 0.6 is 0 Å². The largest absolute Gasteiger partial charge is 0.493 e. The number of rotatable bonds is 4. The minimum absolute atomic E-state index is 0.0590. The van der Waals surface area contributed by atoms with Gasteiger partial charge in [0.05, 0.1) is 12.2 Å². The highest BCUT2D eigenvalue weighted by Gasteiger charge is 2.39. The third kappa shape index (κ3) is 7.57. The molecule has 2 atom stereocenters. The predicted octanol–water partition coefficient (Wildman–Crippen LogP) is 4.73. The van der Waals surface area contributed by atoms with Gasteiger partial charge in [-0.1, -0.05) is 0 Å². The quantitative estimate of drug-likeness (QED) is 0.720. The van der Waals surface area contributed by atoms with E-state index in [9.17, 15) is 26.3 Å². The summed E-state index contributed by atoms with van der Waals surface area (Å²) in [4.78, 5) is 0. The zero-order valence-electron chi connectivity index (χ0n) is 14.8. The summed E-state index contributed by atoms with van der Waals surface area (Å²) in [6.45, 7) is 0.824. The smallest absolute Gasteiger partial charge is 0.416 e. The topological polar surface area (TPSA) is 33.3 Å². The van der Waals surface area contributed by atoms with Crippen LogP contribution in [-0.2, 0) is 6.18 Å². The van der Waals surface area contributed by atoms with Crippen molar-refractivity contribution in [3.8, 4) is 5.75 Å². The number of ether oxygens (including phenoxy) is 1. The monoisotopic (exact) mass is 398 g/mol.